The van der Waals surface area contributed by atoms with Gasteiger partial charge >= 0.3 is 0 Å². The molecule has 6 heteroatoms. The first kappa shape index (κ1) is 20.2. The molecule has 4 rings (SSSR count). The predicted octanol–water partition coefficient (Wildman–Crippen LogP) is 4.76. The fourth-order valence-corrected chi connectivity index (χ4v) is 3.06. The molecule has 0 saturated heterocycles. The second kappa shape index (κ2) is 9.63. The van der Waals surface area contributed by atoms with E-state index in [0.29, 0.717) is 23.8 Å². The van der Waals surface area contributed by atoms with Gasteiger partial charge in [0.05, 0.1) is 0 Å². The molecule has 0 radical (unpaired) electrons. The third-order valence-electron chi connectivity index (χ3n) is 4.75. The van der Waals surface area contributed by atoms with Crippen molar-refractivity contribution in [3.63, 3.8) is 0 Å². The van der Waals surface area contributed by atoms with Crippen molar-refractivity contribution in [2.24, 2.45) is 7.05 Å². The van der Waals surface area contributed by atoms with Gasteiger partial charge in [-0.15, -0.1) is 0 Å². The van der Waals surface area contributed by atoms with E-state index in [1.807, 2.05) is 90.6 Å². The van der Waals surface area contributed by atoms with Gasteiger partial charge in [0, 0.05) is 30.7 Å². The van der Waals surface area contributed by atoms with E-state index in [9.17, 15) is 4.79 Å². The average molecular weight is 413 g/mol. The molecule has 1 aromatic heterocycles. The summed E-state index contributed by atoms with van der Waals surface area (Å²) in [7, 11) is 1.92. The Morgan fingerprint density at radius 1 is 0.935 bits per heavy atom. The van der Waals surface area contributed by atoms with Gasteiger partial charge in [-0.05, 0) is 36.4 Å². The van der Waals surface area contributed by atoms with Crippen molar-refractivity contribution < 1.29 is 14.3 Å². The van der Waals surface area contributed by atoms with Crippen LogP contribution in [0.3, 0.4) is 0 Å². The summed E-state index contributed by atoms with van der Waals surface area (Å²) in [6, 6.07) is 26.0. The topological polar surface area (TPSA) is 65.4 Å². The molecule has 0 aliphatic carbocycles. The lowest BCUT2D eigenvalue weighted by Crippen LogP contribution is -2.25. The Morgan fingerprint density at radius 2 is 1.61 bits per heavy atom. The van der Waals surface area contributed by atoms with Gasteiger partial charge in [-0.2, -0.15) is 0 Å². The zero-order valence-corrected chi connectivity index (χ0v) is 17.1. The summed E-state index contributed by atoms with van der Waals surface area (Å²) < 4.78 is 13.7. The number of ether oxygens (including phenoxy) is 2. The van der Waals surface area contributed by atoms with Crippen molar-refractivity contribution in [3.8, 4) is 11.5 Å². The van der Waals surface area contributed by atoms with E-state index in [-0.39, 0.29) is 5.91 Å². The smallest absolute Gasteiger partial charge is 0.270 e. The van der Waals surface area contributed by atoms with Crippen molar-refractivity contribution in [1.29, 1.82) is 0 Å². The van der Waals surface area contributed by atoms with Crippen LogP contribution in [-0.2, 0) is 18.4 Å². The van der Waals surface area contributed by atoms with Crippen LogP contribution in [0.1, 0.15) is 17.5 Å². The Hall–Kier alpha value is -4.06. The number of anilines is 1. The number of amides is 1. The minimum atomic E-state index is -0.775. The van der Waals surface area contributed by atoms with Gasteiger partial charge in [0.2, 0.25) is 6.10 Å². The first-order valence-electron chi connectivity index (χ1n) is 9.95. The molecule has 0 aliphatic heterocycles. The molecule has 1 atom stereocenters. The monoisotopic (exact) mass is 413 g/mol. The largest absolute Gasteiger partial charge is 0.486 e. The fourth-order valence-electron chi connectivity index (χ4n) is 3.06. The Bertz CT molecular complexity index is 1110. The first-order chi connectivity index (χ1) is 15.2. The van der Waals surface area contributed by atoms with Gasteiger partial charge in [-0.1, -0.05) is 48.5 Å². The van der Waals surface area contributed by atoms with Crippen LogP contribution >= 0.6 is 0 Å². The molecule has 156 valence electrons. The molecule has 0 saturated carbocycles. The summed E-state index contributed by atoms with van der Waals surface area (Å²) in [6.07, 6.45) is 2.83. The molecule has 1 heterocycles. The zero-order valence-electron chi connectivity index (χ0n) is 17.1. The minimum absolute atomic E-state index is 0.253. The second-order valence-electron chi connectivity index (χ2n) is 6.98. The van der Waals surface area contributed by atoms with E-state index in [4.69, 9.17) is 9.47 Å². The summed E-state index contributed by atoms with van der Waals surface area (Å²) in [4.78, 5) is 17.3. The highest BCUT2D eigenvalue weighted by Crippen LogP contribution is 2.24. The standard InChI is InChI=1S/C25H23N3O3/c1-28-17-16-26-23(28)18-30-21-14-12-20(13-15-21)27-25(29)24(19-8-4-2-5-9-19)31-22-10-6-3-7-11-22/h2-17,24H,18H2,1H3,(H,27,29). The quantitative estimate of drug-likeness (QED) is 0.452. The van der Waals surface area contributed by atoms with Crippen molar-refractivity contribution in [1.82, 2.24) is 9.55 Å². The zero-order chi connectivity index (χ0) is 21.5. The summed E-state index contributed by atoms with van der Waals surface area (Å²) in [6.45, 7) is 0.371. The number of carbonyl (C=O) groups excluding carboxylic acids is 1. The lowest BCUT2D eigenvalue weighted by atomic mass is 10.1. The highest BCUT2D eigenvalue weighted by molar-refractivity contribution is 5.95. The van der Waals surface area contributed by atoms with Crippen molar-refractivity contribution >= 4 is 11.6 Å². The second-order valence-corrected chi connectivity index (χ2v) is 6.98. The van der Waals surface area contributed by atoms with E-state index in [0.717, 1.165) is 11.4 Å². The SMILES string of the molecule is Cn1ccnc1COc1ccc(NC(=O)C(Oc2ccccc2)c2ccccc2)cc1. The van der Waals surface area contributed by atoms with Crippen molar-refractivity contribution in [2.75, 3.05) is 5.32 Å². The average Bonchev–Trinajstić information content (AvgIpc) is 3.23. The number of para-hydroxylation sites is 1. The summed E-state index contributed by atoms with van der Waals surface area (Å²) in [5.41, 5.74) is 1.44. The third kappa shape index (κ3) is 5.30. The first-order valence-corrected chi connectivity index (χ1v) is 9.95. The number of hydrogen-bond acceptors (Lipinski definition) is 4. The number of nitrogens with one attached hydrogen (secondary N) is 1. The molecule has 0 bridgehead atoms. The van der Waals surface area contributed by atoms with E-state index in [1.54, 1.807) is 18.3 Å². The number of nitrogens with zero attached hydrogens (tertiary/aromatic N) is 2. The van der Waals surface area contributed by atoms with Crippen molar-refractivity contribution in [2.45, 2.75) is 12.7 Å². The lowest BCUT2D eigenvalue weighted by Gasteiger charge is -2.19. The normalized spacial score (nSPS) is 11.5. The van der Waals surface area contributed by atoms with Gasteiger partial charge in [0.15, 0.2) is 0 Å². The van der Waals surface area contributed by atoms with Gasteiger partial charge < -0.3 is 19.4 Å². The van der Waals surface area contributed by atoms with Crippen LogP contribution in [0.4, 0.5) is 5.69 Å². The molecule has 1 amide bonds. The maximum Gasteiger partial charge on any atom is 0.270 e. The number of aromatic nitrogens is 2. The number of benzene rings is 3. The van der Waals surface area contributed by atoms with Crippen LogP contribution < -0.4 is 14.8 Å². The van der Waals surface area contributed by atoms with Crippen LogP contribution in [0.15, 0.2) is 97.3 Å². The summed E-state index contributed by atoms with van der Waals surface area (Å²) in [5, 5.41) is 2.93. The molecule has 4 aromatic rings. The van der Waals surface area contributed by atoms with Crippen LogP contribution in [-0.4, -0.2) is 15.5 Å². The van der Waals surface area contributed by atoms with Crippen LogP contribution in [0.5, 0.6) is 11.5 Å². The molecule has 0 spiro atoms. The van der Waals surface area contributed by atoms with Gasteiger partial charge in [-0.3, -0.25) is 4.79 Å². The van der Waals surface area contributed by atoms with E-state index in [1.165, 1.54) is 0 Å². The minimum Gasteiger partial charge on any atom is -0.486 e. The Labute approximate surface area is 181 Å². The van der Waals surface area contributed by atoms with E-state index >= 15 is 0 Å². The maximum atomic E-state index is 13.0. The van der Waals surface area contributed by atoms with Gasteiger partial charge in [0.25, 0.3) is 5.91 Å². The highest BCUT2D eigenvalue weighted by Gasteiger charge is 2.22. The van der Waals surface area contributed by atoms with Crippen LogP contribution in [0, 0.1) is 0 Å². The molecule has 6 nitrogen and oxygen atoms in total. The maximum absolute atomic E-state index is 13.0. The Balaban J connectivity index is 1.43. The number of aryl methyl sites for hydroxylation is 1. The Kier molecular flexibility index (Phi) is 6.28. The number of rotatable bonds is 8. The third-order valence-corrected chi connectivity index (χ3v) is 4.75. The van der Waals surface area contributed by atoms with E-state index < -0.39 is 6.10 Å². The lowest BCUT2D eigenvalue weighted by molar-refractivity contribution is -0.123. The molecule has 3 aromatic carbocycles. The number of imidazole rings is 1. The highest BCUT2D eigenvalue weighted by atomic mass is 16.5. The van der Waals surface area contributed by atoms with Gasteiger partial charge in [0.1, 0.15) is 23.9 Å². The van der Waals surface area contributed by atoms with Crippen molar-refractivity contribution in [3.05, 3.63) is 109 Å². The molecule has 0 aliphatic rings. The summed E-state index contributed by atoms with van der Waals surface area (Å²) >= 11 is 0. The Morgan fingerprint density at radius 3 is 2.26 bits per heavy atom. The van der Waals surface area contributed by atoms with Gasteiger partial charge in [-0.25, -0.2) is 4.98 Å². The molecule has 1 unspecified atom stereocenters. The van der Waals surface area contributed by atoms with Crippen LogP contribution in [0.25, 0.3) is 0 Å². The van der Waals surface area contributed by atoms with E-state index in [2.05, 4.69) is 10.3 Å². The molecule has 1 N–H and O–H groups in total. The molecular weight excluding hydrogens is 390 g/mol. The van der Waals surface area contributed by atoms with Crippen LogP contribution in [0.2, 0.25) is 0 Å². The summed E-state index contributed by atoms with van der Waals surface area (Å²) in [5.74, 6) is 1.91. The predicted molar refractivity (Wildman–Crippen MR) is 119 cm³/mol. The molecular formula is C25H23N3O3. The molecule has 31 heavy (non-hydrogen) atoms. The number of carbonyl (C=O) groups is 1. The molecule has 0 fully saturated rings. The fraction of sp³-hybridized carbons (Fsp3) is 0.120. The number of hydrogen-bond donors (Lipinski definition) is 1.